The Morgan fingerprint density at radius 2 is 1.67 bits per heavy atom. The number of hydrogen-bond donors (Lipinski definition) is 0. The summed E-state index contributed by atoms with van der Waals surface area (Å²) >= 11 is 0. The molecule has 0 aliphatic carbocycles. The maximum Gasteiger partial charge on any atom is 0.192 e. The van der Waals surface area contributed by atoms with Crippen molar-refractivity contribution in [3.63, 3.8) is 0 Å². The molecule has 0 radical (unpaired) electrons. The molecule has 2 rings (SSSR count). The van der Waals surface area contributed by atoms with Crippen LogP contribution in [-0.2, 0) is 18.3 Å². The van der Waals surface area contributed by atoms with Crippen LogP contribution >= 0.6 is 21.6 Å². The molecule has 0 aromatic heterocycles. The maximum absolute atomic E-state index is 7.00. The summed E-state index contributed by atoms with van der Waals surface area (Å²) < 4.78 is 26.7. The van der Waals surface area contributed by atoms with E-state index in [9.17, 15) is 0 Å². The van der Waals surface area contributed by atoms with E-state index in [1.165, 1.54) is 0 Å². The molecule has 0 bridgehead atoms. The molecule has 0 aromatic carbocycles. The van der Waals surface area contributed by atoms with Gasteiger partial charge in [0.05, 0.1) is 6.61 Å². The lowest BCUT2D eigenvalue weighted by Crippen LogP contribution is -2.53. The Kier molecular flexibility index (Phi) is 10.2. The third kappa shape index (κ3) is 7.58. The SMILES string of the molecule is CSSCO[C@H]1[C@@H](O[Si](C)(C)C(C)(C)C)[C@H](N2C=CC=NC2)O[C@@H]1CO[Si](C)(C)C(C)(C)C. The fraction of sp³-hybridized carbons (Fsp3) is 0.870. The first-order valence-corrected chi connectivity index (χ1v) is 20.3. The Morgan fingerprint density at radius 3 is 2.18 bits per heavy atom. The minimum Gasteiger partial charge on any atom is -0.414 e. The molecular formula is C23H46N2O4S2Si2. The van der Waals surface area contributed by atoms with E-state index in [1.54, 1.807) is 21.6 Å². The van der Waals surface area contributed by atoms with Crippen molar-refractivity contribution in [1.29, 1.82) is 0 Å². The van der Waals surface area contributed by atoms with Crippen molar-refractivity contribution < 1.29 is 18.3 Å². The summed E-state index contributed by atoms with van der Waals surface area (Å²) in [6.45, 7) is 23.8. The van der Waals surface area contributed by atoms with E-state index in [-0.39, 0.29) is 34.6 Å². The van der Waals surface area contributed by atoms with Crippen molar-refractivity contribution in [2.45, 2.75) is 102 Å². The van der Waals surface area contributed by atoms with Gasteiger partial charge in [-0.25, -0.2) is 0 Å². The van der Waals surface area contributed by atoms with Crippen LogP contribution in [-0.4, -0.2) is 77.8 Å². The van der Waals surface area contributed by atoms with E-state index < -0.39 is 16.6 Å². The Bertz CT molecular complexity index is 693. The van der Waals surface area contributed by atoms with Crippen LogP contribution < -0.4 is 0 Å². The molecule has 0 amide bonds. The van der Waals surface area contributed by atoms with Crippen molar-refractivity contribution in [3.05, 3.63) is 12.3 Å². The van der Waals surface area contributed by atoms with Crippen LogP contribution in [0, 0.1) is 0 Å². The Labute approximate surface area is 212 Å². The van der Waals surface area contributed by atoms with Gasteiger partial charge in [-0.15, -0.1) is 0 Å². The van der Waals surface area contributed by atoms with Gasteiger partial charge in [-0.2, -0.15) is 0 Å². The first kappa shape index (κ1) is 29.4. The quantitative estimate of drug-likeness (QED) is 0.140. The summed E-state index contributed by atoms with van der Waals surface area (Å²) in [7, 11) is -0.599. The van der Waals surface area contributed by atoms with Gasteiger partial charge in [0.25, 0.3) is 0 Å². The number of allylic oxidation sites excluding steroid dienone is 1. The number of hydrogen-bond acceptors (Lipinski definition) is 8. The number of rotatable bonds is 10. The lowest BCUT2D eigenvalue weighted by molar-refractivity contribution is -0.0761. The molecular weight excluding hydrogens is 489 g/mol. The number of ether oxygens (including phenoxy) is 2. The molecule has 192 valence electrons. The predicted molar refractivity (Wildman–Crippen MR) is 149 cm³/mol. The second-order valence-electron chi connectivity index (χ2n) is 11.8. The maximum atomic E-state index is 7.00. The average Bonchev–Trinajstić information content (AvgIpc) is 3.02. The summed E-state index contributed by atoms with van der Waals surface area (Å²) in [6.07, 6.45) is 7.04. The zero-order valence-corrected chi connectivity index (χ0v) is 26.1. The van der Waals surface area contributed by atoms with Gasteiger partial charge in [-0.1, -0.05) is 63.1 Å². The summed E-state index contributed by atoms with van der Waals surface area (Å²) in [5.74, 6) is 0.587. The molecule has 0 unspecified atom stereocenters. The summed E-state index contributed by atoms with van der Waals surface area (Å²) in [6, 6.07) is 0. The van der Waals surface area contributed by atoms with Gasteiger partial charge < -0.3 is 23.2 Å². The van der Waals surface area contributed by atoms with Crippen LogP contribution in [0.15, 0.2) is 17.3 Å². The molecule has 6 nitrogen and oxygen atoms in total. The molecule has 2 aliphatic heterocycles. The normalized spacial score (nSPS) is 26.9. The summed E-state index contributed by atoms with van der Waals surface area (Å²) in [5.41, 5.74) is 0. The molecule has 0 spiro atoms. The van der Waals surface area contributed by atoms with Crippen LogP contribution in [0.4, 0.5) is 0 Å². The monoisotopic (exact) mass is 534 g/mol. The molecule has 1 fully saturated rings. The van der Waals surface area contributed by atoms with Gasteiger partial charge in [-0.3, -0.25) is 4.99 Å². The predicted octanol–water partition coefficient (Wildman–Crippen LogP) is 6.34. The van der Waals surface area contributed by atoms with E-state index in [0.717, 1.165) is 0 Å². The molecule has 2 heterocycles. The van der Waals surface area contributed by atoms with Crippen LogP contribution in [0.5, 0.6) is 0 Å². The fourth-order valence-electron chi connectivity index (χ4n) is 3.18. The Morgan fingerprint density at radius 1 is 1.03 bits per heavy atom. The number of aliphatic imine (C=N–C) groups is 1. The Balaban J connectivity index is 2.33. The number of nitrogens with zero attached hydrogens (tertiary/aromatic N) is 2. The van der Waals surface area contributed by atoms with Crippen molar-refractivity contribution in [2.24, 2.45) is 4.99 Å². The summed E-state index contributed by atoms with van der Waals surface area (Å²) in [4.78, 5) is 6.57. The highest BCUT2D eigenvalue weighted by molar-refractivity contribution is 8.76. The zero-order chi connectivity index (χ0) is 25.1. The van der Waals surface area contributed by atoms with Crippen LogP contribution in [0.1, 0.15) is 41.5 Å². The van der Waals surface area contributed by atoms with Gasteiger partial charge in [0.1, 0.15) is 30.9 Å². The van der Waals surface area contributed by atoms with Gasteiger partial charge in [0, 0.05) is 12.4 Å². The molecule has 4 atom stereocenters. The molecule has 2 aliphatic rings. The standard InChI is InChI=1S/C23H46N2O4S2Si2/c1-22(2,3)32(8,9)27-15-18-19(26-17-31-30-7)20(29-33(10,11)23(4,5)6)21(28-18)25-14-12-13-24-16-25/h12-14,18-21H,15-17H2,1-11H3/t18-,19-,20-,21-/m1/s1. The minimum absolute atomic E-state index is 0.0851. The van der Waals surface area contributed by atoms with E-state index in [2.05, 4.69) is 83.9 Å². The van der Waals surface area contributed by atoms with Crippen LogP contribution in [0.3, 0.4) is 0 Å². The lowest BCUT2D eigenvalue weighted by atomic mass is 10.1. The molecule has 1 saturated heterocycles. The van der Waals surface area contributed by atoms with Gasteiger partial charge >= 0.3 is 0 Å². The van der Waals surface area contributed by atoms with Crippen LogP contribution in [0.25, 0.3) is 0 Å². The second-order valence-corrected chi connectivity index (χ2v) is 23.9. The minimum atomic E-state index is -2.08. The first-order valence-electron chi connectivity index (χ1n) is 11.8. The average molecular weight is 535 g/mol. The summed E-state index contributed by atoms with van der Waals surface area (Å²) in [5, 5.41) is 0.221. The highest BCUT2D eigenvalue weighted by atomic mass is 33.1. The van der Waals surface area contributed by atoms with Crippen molar-refractivity contribution in [3.8, 4) is 0 Å². The molecule has 33 heavy (non-hydrogen) atoms. The Hall–Kier alpha value is 0.184. The first-order chi connectivity index (χ1) is 15.1. The molecule has 0 saturated carbocycles. The topological polar surface area (TPSA) is 52.5 Å². The van der Waals surface area contributed by atoms with Crippen molar-refractivity contribution in [2.75, 3.05) is 25.5 Å². The van der Waals surface area contributed by atoms with Gasteiger partial charge in [-0.05, 0) is 48.6 Å². The lowest BCUT2D eigenvalue weighted by Gasteiger charge is -2.42. The molecule has 10 heteroatoms. The van der Waals surface area contributed by atoms with Crippen LogP contribution in [0.2, 0.25) is 36.3 Å². The third-order valence-electron chi connectivity index (χ3n) is 7.40. The van der Waals surface area contributed by atoms with E-state index in [1.807, 2.05) is 18.5 Å². The largest absolute Gasteiger partial charge is 0.414 e. The highest BCUT2D eigenvalue weighted by Gasteiger charge is 2.53. The molecule has 0 N–H and O–H groups in total. The highest BCUT2D eigenvalue weighted by Crippen LogP contribution is 2.42. The van der Waals surface area contributed by atoms with E-state index in [4.69, 9.17) is 18.3 Å². The fourth-order valence-corrected chi connectivity index (χ4v) is 6.24. The second kappa shape index (κ2) is 11.5. The molecule has 0 aromatic rings. The van der Waals surface area contributed by atoms with E-state index in [0.29, 0.717) is 19.2 Å². The zero-order valence-electron chi connectivity index (χ0n) is 22.5. The third-order valence-corrected chi connectivity index (χ3v) is 17.8. The van der Waals surface area contributed by atoms with Gasteiger partial charge in [0.2, 0.25) is 0 Å². The van der Waals surface area contributed by atoms with Crippen molar-refractivity contribution in [1.82, 2.24) is 4.90 Å². The van der Waals surface area contributed by atoms with Crippen molar-refractivity contribution >= 4 is 44.4 Å². The van der Waals surface area contributed by atoms with E-state index >= 15 is 0 Å². The smallest absolute Gasteiger partial charge is 0.192 e. The van der Waals surface area contributed by atoms with Gasteiger partial charge in [0.15, 0.2) is 22.9 Å².